The van der Waals surface area contributed by atoms with E-state index in [9.17, 15) is 4.79 Å². The van der Waals surface area contributed by atoms with Gasteiger partial charge in [0.1, 0.15) is 0 Å². The number of carbonyl (C=O) groups excluding carboxylic acids is 1. The van der Waals surface area contributed by atoms with Gasteiger partial charge in [-0.3, -0.25) is 0 Å². The summed E-state index contributed by atoms with van der Waals surface area (Å²) in [5.74, 6) is 0.0528. The minimum atomic E-state index is -0.621. The molecule has 7 heteroatoms. The molecule has 0 spiro atoms. The third-order valence-corrected chi connectivity index (χ3v) is 3.13. The summed E-state index contributed by atoms with van der Waals surface area (Å²) >= 11 is 3.36. The number of ether oxygens (including phenoxy) is 2. The van der Waals surface area contributed by atoms with Gasteiger partial charge in [-0.2, -0.15) is 4.98 Å². The zero-order valence-corrected chi connectivity index (χ0v) is 13.4. The Labute approximate surface area is 130 Å². The summed E-state index contributed by atoms with van der Waals surface area (Å²) < 4.78 is 11.2. The molecule has 0 aliphatic heterocycles. The summed E-state index contributed by atoms with van der Waals surface area (Å²) in [6, 6.07) is 5.23. The van der Waals surface area contributed by atoms with E-state index in [1.165, 1.54) is 7.11 Å². The van der Waals surface area contributed by atoms with Crippen molar-refractivity contribution >= 4 is 27.6 Å². The molecule has 0 amide bonds. The topological polar surface area (TPSA) is 87.3 Å². The van der Waals surface area contributed by atoms with Gasteiger partial charge in [-0.25, -0.2) is 9.78 Å². The molecule has 110 valence electrons. The van der Waals surface area contributed by atoms with Gasteiger partial charge in [-0.15, -0.1) is 0 Å². The zero-order chi connectivity index (χ0) is 15.6. The van der Waals surface area contributed by atoms with Crippen molar-refractivity contribution in [2.24, 2.45) is 0 Å². The van der Waals surface area contributed by atoms with Crippen LogP contribution in [-0.2, 0) is 4.74 Å². The van der Waals surface area contributed by atoms with Gasteiger partial charge in [0.05, 0.1) is 12.8 Å². The van der Waals surface area contributed by atoms with Crippen molar-refractivity contribution < 1.29 is 14.3 Å². The summed E-state index contributed by atoms with van der Waals surface area (Å²) in [4.78, 5) is 19.5. The summed E-state index contributed by atoms with van der Waals surface area (Å²) in [5, 5.41) is 0. The second kappa shape index (κ2) is 6.09. The number of nitrogens with two attached hydrogens (primary N) is 1. The molecule has 1 aromatic heterocycles. The maximum Gasteiger partial charge on any atom is 0.376 e. The summed E-state index contributed by atoms with van der Waals surface area (Å²) in [7, 11) is 1.27. The smallest absolute Gasteiger partial charge is 0.376 e. The lowest BCUT2D eigenvalue weighted by atomic mass is 10.2. The second-order valence-electron chi connectivity index (χ2n) is 4.41. The van der Waals surface area contributed by atoms with Crippen LogP contribution in [0.25, 0.3) is 0 Å². The highest BCUT2D eigenvalue weighted by Gasteiger charge is 2.14. The van der Waals surface area contributed by atoms with Crippen molar-refractivity contribution in [3.63, 3.8) is 0 Å². The first-order valence-electron chi connectivity index (χ1n) is 6.08. The number of hydrogen-bond acceptors (Lipinski definition) is 6. The van der Waals surface area contributed by atoms with E-state index in [4.69, 9.17) is 10.5 Å². The molecule has 1 heterocycles. The van der Waals surface area contributed by atoms with E-state index in [0.29, 0.717) is 17.1 Å². The average molecular weight is 352 g/mol. The molecule has 0 aliphatic rings. The highest BCUT2D eigenvalue weighted by molar-refractivity contribution is 9.10. The first-order valence-corrected chi connectivity index (χ1v) is 6.87. The van der Waals surface area contributed by atoms with E-state index in [1.54, 1.807) is 19.1 Å². The predicted octanol–water partition coefficient (Wildman–Crippen LogP) is 3.02. The maximum absolute atomic E-state index is 11.5. The lowest BCUT2D eigenvalue weighted by molar-refractivity contribution is 0.0585. The minimum Gasteiger partial charge on any atom is -0.463 e. The molecule has 0 radical (unpaired) electrons. The first kappa shape index (κ1) is 15.2. The molecule has 0 aliphatic carbocycles. The van der Waals surface area contributed by atoms with E-state index < -0.39 is 5.97 Å². The van der Waals surface area contributed by atoms with Crippen molar-refractivity contribution in [3.05, 3.63) is 39.8 Å². The van der Waals surface area contributed by atoms with Crippen LogP contribution in [0.3, 0.4) is 0 Å². The van der Waals surface area contributed by atoms with Gasteiger partial charge in [0.15, 0.2) is 5.75 Å². The van der Waals surface area contributed by atoms with Crippen LogP contribution in [0.2, 0.25) is 0 Å². The van der Waals surface area contributed by atoms with Gasteiger partial charge in [0.2, 0.25) is 11.7 Å². The number of esters is 1. The third-order valence-electron chi connectivity index (χ3n) is 2.67. The highest BCUT2D eigenvalue weighted by atomic mass is 79.9. The van der Waals surface area contributed by atoms with E-state index >= 15 is 0 Å². The minimum absolute atomic E-state index is 0.0548. The molecule has 0 saturated carbocycles. The number of carbonyl (C=O) groups is 1. The number of nitrogens with zero attached hydrogens (tertiary/aromatic N) is 2. The van der Waals surface area contributed by atoms with Crippen molar-refractivity contribution in [1.29, 1.82) is 0 Å². The molecular weight excluding hydrogens is 338 g/mol. The van der Waals surface area contributed by atoms with Crippen LogP contribution >= 0.6 is 15.9 Å². The SMILES string of the molecule is COC(=O)c1nc(C)cc(Oc2c(C)cc(Br)cc2N)n1. The fourth-order valence-electron chi connectivity index (χ4n) is 1.77. The number of benzene rings is 1. The quantitative estimate of drug-likeness (QED) is 0.675. The molecular formula is C14H14BrN3O3. The molecule has 1 aromatic carbocycles. The van der Waals surface area contributed by atoms with E-state index in [1.807, 2.05) is 13.0 Å². The molecule has 0 saturated heterocycles. The van der Waals surface area contributed by atoms with Crippen molar-refractivity contribution in [2.75, 3.05) is 12.8 Å². The van der Waals surface area contributed by atoms with Gasteiger partial charge >= 0.3 is 5.97 Å². The van der Waals surface area contributed by atoms with Crippen molar-refractivity contribution in [3.8, 4) is 11.6 Å². The fraction of sp³-hybridized carbons (Fsp3) is 0.214. The Kier molecular flexibility index (Phi) is 4.42. The van der Waals surface area contributed by atoms with Crippen LogP contribution < -0.4 is 10.5 Å². The lowest BCUT2D eigenvalue weighted by Crippen LogP contribution is -2.09. The molecule has 2 N–H and O–H groups in total. The second-order valence-corrected chi connectivity index (χ2v) is 5.32. The Hall–Kier alpha value is -2.15. The number of halogens is 1. The van der Waals surface area contributed by atoms with Crippen LogP contribution in [0.5, 0.6) is 11.6 Å². The Bertz CT molecular complexity index is 681. The summed E-state index contributed by atoms with van der Waals surface area (Å²) in [5.41, 5.74) is 7.85. The molecule has 0 bridgehead atoms. The average Bonchev–Trinajstić information content (AvgIpc) is 2.41. The molecule has 0 unspecified atom stereocenters. The predicted molar refractivity (Wildman–Crippen MR) is 81.5 cm³/mol. The summed E-state index contributed by atoms with van der Waals surface area (Å²) in [6.07, 6.45) is 0. The van der Waals surface area contributed by atoms with Crippen LogP contribution in [0.15, 0.2) is 22.7 Å². The standard InChI is InChI=1S/C14H14BrN3O3/c1-7-4-9(15)6-10(16)12(7)21-11-5-8(2)17-13(18-11)14(19)20-3/h4-6H,16H2,1-3H3. The molecule has 0 fully saturated rings. The van der Waals surface area contributed by atoms with E-state index in [2.05, 4.69) is 30.6 Å². The largest absolute Gasteiger partial charge is 0.463 e. The zero-order valence-electron chi connectivity index (χ0n) is 11.8. The Balaban J connectivity index is 2.40. The number of hydrogen-bond donors (Lipinski definition) is 1. The molecule has 2 rings (SSSR count). The van der Waals surface area contributed by atoms with Gasteiger partial charge < -0.3 is 15.2 Å². The van der Waals surface area contributed by atoms with Gasteiger partial charge in [-0.1, -0.05) is 15.9 Å². The fourth-order valence-corrected chi connectivity index (χ4v) is 2.36. The highest BCUT2D eigenvalue weighted by Crippen LogP contribution is 2.33. The number of aryl methyl sites for hydroxylation is 2. The molecule has 0 atom stereocenters. The van der Waals surface area contributed by atoms with Crippen LogP contribution in [-0.4, -0.2) is 23.0 Å². The normalized spacial score (nSPS) is 10.3. The number of rotatable bonds is 3. The first-order chi connectivity index (χ1) is 9.90. The molecule has 21 heavy (non-hydrogen) atoms. The summed E-state index contributed by atoms with van der Waals surface area (Å²) in [6.45, 7) is 3.60. The maximum atomic E-state index is 11.5. The van der Waals surface area contributed by atoms with Gasteiger partial charge in [0, 0.05) is 16.2 Å². The monoisotopic (exact) mass is 351 g/mol. The van der Waals surface area contributed by atoms with E-state index in [-0.39, 0.29) is 11.7 Å². The Morgan fingerprint density at radius 2 is 1.95 bits per heavy atom. The number of anilines is 1. The third kappa shape index (κ3) is 3.49. The van der Waals surface area contributed by atoms with Crippen LogP contribution in [0.1, 0.15) is 21.9 Å². The van der Waals surface area contributed by atoms with E-state index in [0.717, 1.165) is 10.0 Å². The number of aromatic nitrogens is 2. The number of nitrogen functional groups attached to an aromatic ring is 1. The van der Waals surface area contributed by atoms with Gasteiger partial charge in [-0.05, 0) is 31.5 Å². The Morgan fingerprint density at radius 3 is 2.57 bits per heavy atom. The molecule has 6 nitrogen and oxygen atoms in total. The Morgan fingerprint density at radius 1 is 1.24 bits per heavy atom. The number of methoxy groups -OCH3 is 1. The van der Waals surface area contributed by atoms with Gasteiger partial charge in [0.25, 0.3) is 0 Å². The van der Waals surface area contributed by atoms with Crippen LogP contribution in [0.4, 0.5) is 5.69 Å². The van der Waals surface area contributed by atoms with Crippen molar-refractivity contribution in [1.82, 2.24) is 9.97 Å². The molecule has 2 aromatic rings. The van der Waals surface area contributed by atoms with Crippen LogP contribution in [0, 0.1) is 13.8 Å². The van der Waals surface area contributed by atoms with Crippen molar-refractivity contribution in [2.45, 2.75) is 13.8 Å². The lowest BCUT2D eigenvalue weighted by Gasteiger charge is -2.12.